The minimum atomic E-state index is -0.516. The van der Waals surface area contributed by atoms with Crippen LogP contribution in [0.25, 0.3) is 0 Å². The smallest absolute Gasteiger partial charge is 0.219 e. The lowest BCUT2D eigenvalue weighted by molar-refractivity contribution is -0.121. The van der Waals surface area contributed by atoms with Crippen LogP contribution in [0.3, 0.4) is 0 Å². The summed E-state index contributed by atoms with van der Waals surface area (Å²) in [5.41, 5.74) is 1.48. The molecule has 0 aromatic carbocycles. The van der Waals surface area contributed by atoms with Crippen molar-refractivity contribution in [1.29, 1.82) is 0 Å². The molecular weight excluding hydrogens is 350 g/mol. The molecule has 0 saturated heterocycles. The molecule has 0 heterocycles. The summed E-state index contributed by atoms with van der Waals surface area (Å²) >= 11 is 0. The third-order valence-electron chi connectivity index (χ3n) is 6.24. The van der Waals surface area contributed by atoms with Crippen LogP contribution in [0.15, 0.2) is 23.8 Å². The molecule has 0 spiro atoms. The molecule has 6 atom stereocenters. The molecule has 4 heteroatoms. The Labute approximate surface area is 170 Å². The van der Waals surface area contributed by atoms with Gasteiger partial charge in [-0.25, -0.2) is 0 Å². The van der Waals surface area contributed by atoms with Gasteiger partial charge in [0.1, 0.15) is 0 Å². The highest BCUT2D eigenvalue weighted by molar-refractivity contribution is 5.75. The third kappa shape index (κ3) is 6.50. The van der Waals surface area contributed by atoms with Crippen molar-refractivity contribution in [2.45, 2.75) is 77.9 Å². The Bertz CT molecular complexity index is 627. The van der Waals surface area contributed by atoms with Crippen LogP contribution in [-0.4, -0.2) is 34.9 Å². The van der Waals surface area contributed by atoms with Gasteiger partial charge in [-0.05, 0) is 63.7 Å². The van der Waals surface area contributed by atoms with Crippen molar-refractivity contribution >= 4 is 5.91 Å². The summed E-state index contributed by atoms with van der Waals surface area (Å²) in [6.45, 7) is 6.45. The minimum absolute atomic E-state index is 0.0991. The summed E-state index contributed by atoms with van der Waals surface area (Å²) in [5, 5.41) is 23.6. The number of hydrogen-bond acceptors (Lipinski definition) is 3. The number of allylic oxidation sites excluding steroid dienone is 2. The molecular formula is C24H37NO3. The predicted octanol–water partition coefficient (Wildman–Crippen LogP) is 3.59. The number of aliphatic hydroxyl groups excluding tert-OH is 2. The number of carbonyl (C=O) groups excluding carboxylic acids is 1. The standard InChI is InChI=1S/C24H37NO3/c1-4-6-9-17(3)22(26)13-12-20-21-15-18(14-19(21)16-23(20)27)10-7-8-11-24(28)25-5-2/h10,12-13,17,19-23,26-27H,5,7-9,11,14-16H2,1-3H3,(H,25,28)/t17-,19+,20-,21+,22-,23-/m1/s1. The van der Waals surface area contributed by atoms with E-state index >= 15 is 0 Å². The first-order chi connectivity index (χ1) is 13.5. The number of carbonyl (C=O) groups is 1. The molecule has 2 aliphatic rings. The number of amides is 1. The zero-order valence-electron chi connectivity index (χ0n) is 17.7. The number of rotatable bonds is 9. The van der Waals surface area contributed by atoms with Gasteiger partial charge in [0.2, 0.25) is 5.91 Å². The number of hydrogen-bond donors (Lipinski definition) is 3. The molecule has 28 heavy (non-hydrogen) atoms. The molecule has 4 nitrogen and oxygen atoms in total. The van der Waals surface area contributed by atoms with E-state index in [0.29, 0.717) is 31.2 Å². The maximum atomic E-state index is 11.5. The van der Waals surface area contributed by atoms with E-state index in [1.54, 1.807) is 0 Å². The van der Waals surface area contributed by atoms with Gasteiger partial charge in [-0.1, -0.05) is 30.7 Å². The molecule has 2 aliphatic carbocycles. The average Bonchev–Trinajstić information content (AvgIpc) is 3.18. The third-order valence-corrected chi connectivity index (χ3v) is 6.24. The zero-order chi connectivity index (χ0) is 20.5. The highest BCUT2D eigenvalue weighted by Gasteiger charge is 2.44. The summed E-state index contributed by atoms with van der Waals surface area (Å²) in [6.07, 6.45) is 11.5. The Morgan fingerprint density at radius 2 is 2.18 bits per heavy atom. The lowest BCUT2D eigenvalue weighted by Crippen LogP contribution is -2.21. The van der Waals surface area contributed by atoms with Gasteiger partial charge < -0.3 is 15.5 Å². The van der Waals surface area contributed by atoms with Gasteiger partial charge in [0.25, 0.3) is 0 Å². The molecule has 0 aliphatic heterocycles. The molecule has 0 aromatic heterocycles. The number of nitrogens with one attached hydrogen (secondary N) is 1. The first-order valence-corrected chi connectivity index (χ1v) is 10.8. The van der Waals surface area contributed by atoms with Crippen LogP contribution in [-0.2, 0) is 4.79 Å². The number of fused-ring (bicyclic) bond motifs is 1. The summed E-state index contributed by atoms with van der Waals surface area (Å²) in [5.74, 6) is 7.27. The van der Waals surface area contributed by atoms with Gasteiger partial charge in [0, 0.05) is 25.3 Å². The number of unbranched alkanes of at least 4 members (excludes halogenated alkanes) is 1. The van der Waals surface area contributed by atoms with Crippen molar-refractivity contribution in [3.05, 3.63) is 23.8 Å². The van der Waals surface area contributed by atoms with E-state index in [-0.39, 0.29) is 23.8 Å². The highest BCUT2D eigenvalue weighted by atomic mass is 16.3. The topological polar surface area (TPSA) is 69.6 Å². The van der Waals surface area contributed by atoms with Gasteiger partial charge in [0.15, 0.2) is 0 Å². The Morgan fingerprint density at radius 1 is 1.39 bits per heavy atom. The van der Waals surface area contributed by atoms with Crippen LogP contribution in [0.1, 0.15) is 65.7 Å². The Morgan fingerprint density at radius 3 is 2.89 bits per heavy atom. The van der Waals surface area contributed by atoms with E-state index in [9.17, 15) is 15.0 Å². The summed E-state index contributed by atoms with van der Waals surface area (Å²) in [4.78, 5) is 11.5. The van der Waals surface area contributed by atoms with E-state index < -0.39 is 6.10 Å². The van der Waals surface area contributed by atoms with Crippen molar-refractivity contribution in [3.8, 4) is 11.8 Å². The fourth-order valence-electron chi connectivity index (χ4n) is 4.61. The van der Waals surface area contributed by atoms with E-state index in [1.807, 2.05) is 32.9 Å². The maximum Gasteiger partial charge on any atom is 0.219 e. The Kier molecular flexibility index (Phi) is 9.28. The van der Waals surface area contributed by atoms with Gasteiger partial charge >= 0.3 is 0 Å². The van der Waals surface area contributed by atoms with Crippen molar-refractivity contribution in [2.24, 2.45) is 23.7 Å². The molecule has 2 fully saturated rings. The second-order valence-corrected chi connectivity index (χ2v) is 8.40. The molecule has 156 valence electrons. The molecule has 1 amide bonds. The highest BCUT2D eigenvalue weighted by Crippen LogP contribution is 2.50. The van der Waals surface area contributed by atoms with Crippen molar-refractivity contribution in [3.63, 3.8) is 0 Å². The lowest BCUT2D eigenvalue weighted by atomic mass is 9.89. The fraction of sp³-hybridized carbons (Fsp3) is 0.708. The van der Waals surface area contributed by atoms with Gasteiger partial charge in [-0.2, -0.15) is 0 Å². The monoisotopic (exact) mass is 387 g/mol. The van der Waals surface area contributed by atoms with Gasteiger partial charge in [-0.3, -0.25) is 4.79 Å². The van der Waals surface area contributed by atoms with Crippen LogP contribution in [0.5, 0.6) is 0 Å². The molecule has 2 saturated carbocycles. The van der Waals surface area contributed by atoms with Crippen LogP contribution in [0.4, 0.5) is 0 Å². The van der Waals surface area contributed by atoms with E-state index in [0.717, 1.165) is 32.1 Å². The normalized spacial score (nSPS) is 30.1. The average molecular weight is 388 g/mol. The summed E-state index contributed by atoms with van der Waals surface area (Å²) in [6, 6.07) is 0. The number of aliphatic hydroxyl groups is 2. The van der Waals surface area contributed by atoms with Gasteiger partial charge in [-0.15, -0.1) is 11.8 Å². The first kappa shape index (κ1) is 22.7. The Balaban J connectivity index is 1.85. The van der Waals surface area contributed by atoms with Crippen LogP contribution in [0.2, 0.25) is 0 Å². The lowest BCUT2D eigenvalue weighted by Gasteiger charge is -2.19. The SMILES string of the molecule is CC#CC[C@@H](C)[C@H](O)C=C[C@@H]1[C@H]2CC(=CCCCC(=O)NCC)C[C@H]2C[C@H]1O. The Hall–Kier alpha value is -1.57. The quantitative estimate of drug-likeness (QED) is 0.322. The second kappa shape index (κ2) is 11.4. The van der Waals surface area contributed by atoms with E-state index in [4.69, 9.17) is 0 Å². The molecule has 0 unspecified atom stereocenters. The maximum absolute atomic E-state index is 11.5. The van der Waals surface area contributed by atoms with Crippen molar-refractivity contribution in [1.82, 2.24) is 5.32 Å². The fourth-order valence-corrected chi connectivity index (χ4v) is 4.61. The summed E-state index contributed by atoms with van der Waals surface area (Å²) < 4.78 is 0. The van der Waals surface area contributed by atoms with Crippen LogP contribution in [0, 0.1) is 35.5 Å². The molecule has 3 N–H and O–H groups in total. The zero-order valence-corrected chi connectivity index (χ0v) is 17.7. The minimum Gasteiger partial charge on any atom is -0.392 e. The van der Waals surface area contributed by atoms with Gasteiger partial charge in [0.05, 0.1) is 12.2 Å². The second-order valence-electron chi connectivity index (χ2n) is 8.40. The first-order valence-electron chi connectivity index (χ1n) is 10.8. The van der Waals surface area contributed by atoms with Crippen molar-refractivity contribution < 1.29 is 15.0 Å². The largest absolute Gasteiger partial charge is 0.392 e. The van der Waals surface area contributed by atoms with E-state index in [2.05, 4.69) is 23.2 Å². The van der Waals surface area contributed by atoms with E-state index in [1.165, 1.54) is 5.57 Å². The molecule has 0 aromatic rings. The van der Waals surface area contributed by atoms with Crippen LogP contribution < -0.4 is 5.32 Å². The molecule has 0 radical (unpaired) electrons. The summed E-state index contributed by atoms with van der Waals surface area (Å²) in [7, 11) is 0. The molecule has 2 rings (SSSR count). The van der Waals surface area contributed by atoms with Crippen molar-refractivity contribution in [2.75, 3.05) is 6.54 Å². The predicted molar refractivity (Wildman–Crippen MR) is 113 cm³/mol. The molecule has 0 bridgehead atoms. The van der Waals surface area contributed by atoms with Crippen LogP contribution >= 0.6 is 0 Å².